The highest BCUT2D eigenvalue weighted by molar-refractivity contribution is 7.99. The van der Waals surface area contributed by atoms with Crippen LogP contribution in [0.1, 0.15) is 6.42 Å². The van der Waals surface area contributed by atoms with Gasteiger partial charge in [-0.15, -0.1) is 11.8 Å². The molecule has 0 saturated carbocycles. The minimum absolute atomic E-state index is 0.215. The van der Waals surface area contributed by atoms with Gasteiger partial charge >= 0.3 is 0 Å². The van der Waals surface area contributed by atoms with Gasteiger partial charge in [0.05, 0.1) is 5.02 Å². The Hall–Kier alpha value is -0.380. The van der Waals surface area contributed by atoms with Crippen LogP contribution < -0.4 is 5.73 Å². The van der Waals surface area contributed by atoms with Crippen molar-refractivity contribution in [1.29, 1.82) is 0 Å². The number of halogens is 1. The molecule has 3 N–H and O–H groups in total. The maximum atomic E-state index is 8.60. The molecule has 13 heavy (non-hydrogen) atoms. The summed E-state index contributed by atoms with van der Waals surface area (Å²) >= 11 is 7.55. The first kappa shape index (κ1) is 10.7. The van der Waals surface area contributed by atoms with E-state index in [0.717, 1.165) is 27.8 Å². The average Bonchev–Trinajstić information content (AvgIpc) is 2.11. The molecule has 0 aromatic heterocycles. The summed E-state index contributed by atoms with van der Waals surface area (Å²) in [6.45, 7) is 0.215. The van der Waals surface area contributed by atoms with Gasteiger partial charge in [0.25, 0.3) is 0 Å². The number of aliphatic hydroxyl groups is 1. The molecule has 1 aromatic rings. The lowest BCUT2D eigenvalue weighted by Gasteiger charge is -2.03. The SMILES string of the molecule is Nc1ccc(Cl)c(SCCCO)c1. The summed E-state index contributed by atoms with van der Waals surface area (Å²) in [5.74, 6) is 0.861. The topological polar surface area (TPSA) is 46.2 Å². The molecule has 0 spiro atoms. The van der Waals surface area contributed by atoms with Crippen LogP contribution in [-0.4, -0.2) is 17.5 Å². The molecule has 0 bridgehead atoms. The van der Waals surface area contributed by atoms with Gasteiger partial charge in [0.1, 0.15) is 0 Å². The highest BCUT2D eigenvalue weighted by atomic mass is 35.5. The lowest BCUT2D eigenvalue weighted by atomic mass is 10.3. The monoisotopic (exact) mass is 217 g/mol. The molecule has 0 atom stereocenters. The fourth-order valence-electron chi connectivity index (χ4n) is 0.877. The third-order valence-electron chi connectivity index (χ3n) is 1.52. The molecule has 1 rings (SSSR count). The van der Waals surface area contributed by atoms with Crippen LogP contribution in [0.25, 0.3) is 0 Å². The van der Waals surface area contributed by atoms with E-state index in [2.05, 4.69) is 0 Å². The van der Waals surface area contributed by atoms with Crippen LogP contribution in [0.4, 0.5) is 5.69 Å². The Morgan fingerprint density at radius 2 is 2.23 bits per heavy atom. The van der Waals surface area contributed by atoms with Crippen LogP contribution in [0.3, 0.4) is 0 Å². The zero-order valence-corrected chi connectivity index (χ0v) is 8.74. The van der Waals surface area contributed by atoms with Gasteiger partial charge in [-0.3, -0.25) is 0 Å². The van der Waals surface area contributed by atoms with E-state index in [9.17, 15) is 0 Å². The Kier molecular flexibility index (Phi) is 4.42. The highest BCUT2D eigenvalue weighted by Crippen LogP contribution is 2.29. The van der Waals surface area contributed by atoms with Crippen molar-refractivity contribution >= 4 is 29.1 Å². The van der Waals surface area contributed by atoms with E-state index in [1.54, 1.807) is 23.9 Å². The first-order valence-corrected chi connectivity index (χ1v) is 5.39. The number of nitrogen functional groups attached to an aromatic ring is 1. The van der Waals surface area contributed by atoms with Crippen molar-refractivity contribution < 1.29 is 5.11 Å². The van der Waals surface area contributed by atoms with E-state index in [1.165, 1.54) is 0 Å². The Labute approximate surface area is 87.1 Å². The van der Waals surface area contributed by atoms with Gasteiger partial charge in [-0.05, 0) is 24.6 Å². The smallest absolute Gasteiger partial charge is 0.0543 e. The van der Waals surface area contributed by atoms with Gasteiger partial charge < -0.3 is 10.8 Å². The van der Waals surface area contributed by atoms with Crippen LogP contribution in [0.2, 0.25) is 5.02 Å². The summed E-state index contributed by atoms with van der Waals surface area (Å²) in [7, 11) is 0. The number of aliphatic hydroxyl groups excluding tert-OH is 1. The van der Waals surface area contributed by atoms with Crippen molar-refractivity contribution in [2.75, 3.05) is 18.1 Å². The van der Waals surface area contributed by atoms with E-state index >= 15 is 0 Å². The maximum absolute atomic E-state index is 8.60. The van der Waals surface area contributed by atoms with Crippen molar-refractivity contribution in [2.24, 2.45) is 0 Å². The minimum Gasteiger partial charge on any atom is -0.399 e. The number of benzene rings is 1. The number of hydrogen-bond acceptors (Lipinski definition) is 3. The molecule has 2 nitrogen and oxygen atoms in total. The van der Waals surface area contributed by atoms with E-state index in [1.807, 2.05) is 6.07 Å². The van der Waals surface area contributed by atoms with E-state index < -0.39 is 0 Å². The molecular formula is C9H12ClNOS. The number of thioether (sulfide) groups is 1. The second kappa shape index (κ2) is 5.37. The number of rotatable bonds is 4. The Balaban J connectivity index is 2.59. The fourth-order valence-corrected chi connectivity index (χ4v) is 2.08. The van der Waals surface area contributed by atoms with Gasteiger partial charge in [-0.25, -0.2) is 0 Å². The van der Waals surface area contributed by atoms with E-state index in [-0.39, 0.29) is 6.61 Å². The van der Waals surface area contributed by atoms with Crippen molar-refractivity contribution in [3.05, 3.63) is 23.2 Å². The van der Waals surface area contributed by atoms with Crippen molar-refractivity contribution in [1.82, 2.24) is 0 Å². The molecule has 0 saturated heterocycles. The molecule has 0 amide bonds. The summed E-state index contributed by atoms with van der Waals surface area (Å²) in [4.78, 5) is 0.982. The summed E-state index contributed by atoms with van der Waals surface area (Å²) in [6.07, 6.45) is 0.774. The lowest BCUT2D eigenvalue weighted by Crippen LogP contribution is -1.88. The van der Waals surface area contributed by atoms with Crippen LogP contribution in [0.5, 0.6) is 0 Å². The van der Waals surface area contributed by atoms with E-state index in [0.29, 0.717) is 0 Å². The van der Waals surface area contributed by atoms with E-state index in [4.69, 9.17) is 22.4 Å². The van der Waals surface area contributed by atoms with Crippen molar-refractivity contribution in [3.63, 3.8) is 0 Å². The van der Waals surface area contributed by atoms with Gasteiger partial charge in [0.2, 0.25) is 0 Å². The molecule has 0 aliphatic rings. The van der Waals surface area contributed by atoms with Gasteiger partial charge in [-0.2, -0.15) is 0 Å². The summed E-state index contributed by atoms with van der Waals surface area (Å²) in [6, 6.07) is 5.42. The predicted molar refractivity (Wildman–Crippen MR) is 58.3 cm³/mol. The molecule has 0 radical (unpaired) electrons. The zero-order valence-electron chi connectivity index (χ0n) is 7.16. The standard InChI is InChI=1S/C9H12ClNOS/c10-8-3-2-7(11)6-9(8)13-5-1-4-12/h2-3,6,12H,1,4-5,11H2. The molecule has 0 aliphatic heterocycles. The summed E-state index contributed by atoms with van der Waals surface area (Å²) < 4.78 is 0. The Bertz CT molecular complexity index is 280. The first-order valence-electron chi connectivity index (χ1n) is 4.02. The molecule has 0 heterocycles. The largest absolute Gasteiger partial charge is 0.399 e. The maximum Gasteiger partial charge on any atom is 0.0543 e. The van der Waals surface area contributed by atoms with Crippen LogP contribution >= 0.6 is 23.4 Å². The summed E-state index contributed by atoms with van der Waals surface area (Å²) in [5.41, 5.74) is 6.33. The fraction of sp³-hybridized carbons (Fsp3) is 0.333. The molecule has 0 unspecified atom stereocenters. The van der Waals surface area contributed by atoms with Crippen LogP contribution in [0.15, 0.2) is 23.1 Å². The molecule has 72 valence electrons. The Morgan fingerprint density at radius 3 is 2.92 bits per heavy atom. The molecular weight excluding hydrogens is 206 g/mol. The second-order valence-electron chi connectivity index (χ2n) is 2.62. The summed E-state index contributed by atoms with van der Waals surface area (Å²) in [5, 5.41) is 9.32. The third-order valence-corrected chi connectivity index (χ3v) is 3.10. The third kappa shape index (κ3) is 3.46. The number of anilines is 1. The highest BCUT2D eigenvalue weighted by Gasteiger charge is 2.00. The molecule has 4 heteroatoms. The lowest BCUT2D eigenvalue weighted by molar-refractivity contribution is 0.296. The number of nitrogens with two attached hydrogens (primary N) is 1. The van der Waals surface area contributed by atoms with Gasteiger partial charge in [-0.1, -0.05) is 11.6 Å². The Morgan fingerprint density at radius 1 is 1.46 bits per heavy atom. The minimum atomic E-state index is 0.215. The second-order valence-corrected chi connectivity index (χ2v) is 4.16. The number of hydrogen-bond donors (Lipinski definition) is 2. The van der Waals surface area contributed by atoms with Crippen LogP contribution in [-0.2, 0) is 0 Å². The zero-order chi connectivity index (χ0) is 9.68. The normalized spacial score (nSPS) is 10.3. The van der Waals surface area contributed by atoms with Gasteiger partial charge in [0, 0.05) is 22.9 Å². The molecule has 0 aliphatic carbocycles. The van der Waals surface area contributed by atoms with Crippen LogP contribution in [0, 0.1) is 0 Å². The quantitative estimate of drug-likeness (QED) is 0.463. The average molecular weight is 218 g/mol. The first-order chi connectivity index (χ1) is 6.24. The molecule has 0 fully saturated rings. The molecule has 1 aromatic carbocycles. The van der Waals surface area contributed by atoms with Crippen molar-refractivity contribution in [3.8, 4) is 0 Å². The van der Waals surface area contributed by atoms with Crippen molar-refractivity contribution in [2.45, 2.75) is 11.3 Å². The predicted octanol–water partition coefficient (Wildman–Crippen LogP) is 2.40. The van der Waals surface area contributed by atoms with Gasteiger partial charge in [0.15, 0.2) is 0 Å².